The minimum Gasteiger partial charge on any atom is -0.504 e. The molecule has 0 unspecified atom stereocenters. The molecule has 8 heteroatoms. The van der Waals surface area contributed by atoms with Crippen LogP contribution in [0, 0.1) is 0 Å². The van der Waals surface area contributed by atoms with Gasteiger partial charge in [-0.15, -0.1) is 12.4 Å². The van der Waals surface area contributed by atoms with Crippen LogP contribution < -0.4 is 10.5 Å². The van der Waals surface area contributed by atoms with Crippen LogP contribution in [0.5, 0.6) is 11.5 Å². The average molecular weight is 302 g/mol. The maximum absolute atomic E-state index is 12.2. The van der Waals surface area contributed by atoms with Crippen LogP contribution in [-0.2, 0) is 0 Å². The zero-order valence-corrected chi connectivity index (χ0v) is 10.8. The molecule has 0 spiro atoms. The van der Waals surface area contributed by atoms with Crippen molar-refractivity contribution in [3.8, 4) is 11.5 Å². The van der Waals surface area contributed by atoms with E-state index in [2.05, 4.69) is 0 Å². The molecule has 0 aliphatic heterocycles. The van der Waals surface area contributed by atoms with Crippen molar-refractivity contribution >= 4 is 12.4 Å². The van der Waals surface area contributed by atoms with Gasteiger partial charge in [-0.2, -0.15) is 13.2 Å². The Kier molecular flexibility index (Phi) is 6.41. The third-order valence-electron chi connectivity index (χ3n) is 2.49. The smallest absolute Gasteiger partial charge is 0.403 e. The first kappa shape index (κ1) is 17.8. The van der Waals surface area contributed by atoms with Crippen molar-refractivity contribution in [3.63, 3.8) is 0 Å². The highest BCUT2D eigenvalue weighted by Gasteiger charge is 2.38. The normalized spacial score (nSPS) is 14.4. The molecule has 0 aliphatic rings. The molecule has 1 rings (SSSR count). The number of phenols is 1. The first-order valence-corrected chi connectivity index (χ1v) is 5.13. The number of aromatic hydroxyl groups is 1. The van der Waals surface area contributed by atoms with E-state index in [9.17, 15) is 23.4 Å². The second kappa shape index (κ2) is 6.83. The molecule has 2 atom stereocenters. The van der Waals surface area contributed by atoms with E-state index < -0.39 is 24.7 Å². The maximum Gasteiger partial charge on any atom is 0.403 e. The molecular formula is C11H15ClF3NO3. The number of alkyl halides is 3. The molecule has 4 N–H and O–H groups in total. The Morgan fingerprint density at radius 3 is 2.37 bits per heavy atom. The van der Waals surface area contributed by atoms with Gasteiger partial charge in [0.05, 0.1) is 13.2 Å². The predicted molar refractivity (Wildman–Crippen MR) is 65.5 cm³/mol. The van der Waals surface area contributed by atoms with E-state index in [1.54, 1.807) is 0 Å². The van der Waals surface area contributed by atoms with Crippen molar-refractivity contribution in [2.24, 2.45) is 5.73 Å². The lowest BCUT2D eigenvalue weighted by Gasteiger charge is -2.19. The summed E-state index contributed by atoms with van der Waals surface area (Å²) >= 11 is 0. The summed E-state index contributed by atoms with van der Waals surface area (Å²) in [6, 6.07) is 1.75. The number of ether oxygens (including phenoxy) is 1. The highest BCUT2D eigenvalue weighted by atomic mass is 35.5. The molecule has 0 amide bonds. The summed E-state index contributed by atoms with van der Waals surface area (Å²) in [6.07, 6.45) is -6.64. The third-order valence-corrected chi connectivity index (χ3v) is 2.49. The number of hydrogen-bond acceptors (Lipinski definition) is 4. The van der Waals surface area contributed by atoms with Gasteiger partial charge in [0, 0.05) is 6.42 Å². The first-order valence-electron chi connectivity index (χ1n) is 5.13. The van der Waals surface area contributed by atoms with E-state index in [1.807, 2.05) is 0 Å². The monoisotopic (exact) mass is 301 g/mol. The minimum atomic E-state index is -4.56. The summed E-state index contributed by atoms with van der Waals surface area (Å²) in [6.45, 7) is 0. The molecule has 0 radical (unpaired) electrons. The van der Waals surface area contributed by atoms with Gasteiger partial charge in [-0.3, -0.25) is 0 Å². The van der Waals surface area contributed by atoms with Gasteiger partial charge in [-0.1, -0.05) is 6.07 Å². The molecule has 0 fully saturated rings. The molecule has 1 aromatic rings. The fraction of sp³-hybridized carbons (Fsp3) is 0.455. The Balaban J connectivity index is 0.00000324. The Morgan fingerprint density at radius 2 is 1.95 bits per heavy atom. The maximum atomic E-state index is 12.2. The standard InChI is InChI=1S/C11H14F3NO3.ClH/c1-18-9-3-2-6(4-8(9)17)7(16)5-10(15)11(12,13)14;/h2-4,7,10,16-17H,5,15H2,1H3;1H/t7-,10+;/m1./s1. The average Bonchev–Trinajstić information content (AvgIpc) is 2.27. The molecule has 0 heterocycles. The Hall–Kier alpha value is -1.18. The molecule has 0 saturated heterocycles. The summed E-state index contributed by atoms with van der Waals surface area (Å²) in [7, 11) is 1.34. The minimum absolute atomic E-state index is 0. The topological polar surface area (TPSA) is 75.7 Å². The number of phenolic OH excluding ortho intramolecular Hbond substituents is 1. The molecule has 1 aromatic carbocycles. The second-order valence-electron chi connectivity index (χ2n) is 3.83. The van der Waals surface area contributed by atoms with Gasteiger partial charge < -0.3 is 20.7 Å². The largest absolute Gasteiger partial charge is 0.504 e. The number of aliphatic hydroxyl groups excluding tert-OH is 1. The second-order valence-corrected chi connectivity index (χ2v) is 3.83. The lowest BCUT2D eigenvalue weighted by molar-refractivity contribution is -0.153. The number of rotatable bonds is 4. The van der Waals surface area contributed by atoms with Crippen LogP contribution in [0.3, 0.4) is 0 Å². The van der Waals surface area contributed by atoms with Crippen molar-refractivity contribution in [1.82, 2.24) is 0 Å². The van der Waals surface area contributed by atoms with E-state index in [4.69, 9.17) is 10.5 Å². The lowest BCUT2D eigenvalue weighted by Crippen LogP contribution is -2.38. The zero-order chi connectivity index (χ0) is 13.9. The molecule has 0 aromatic heterocycles. The summed E-state index contributed by atoms with van der Waals surface area (Å²) in [5, 5.41) is 19.1. The van der Waals surface area contributed by atoms with Crippen LogP contribution in [0.4, 0.5) is 13.2 Å². The van der Waals surface area contributed by atoms with Gasteiger partial charge in [-0.05, 0) is 17.7 Å². The summed E-state index contributed by atoms with van der Waals surface area (Å²) < 4.78 is 41.4. The van der Waals surface area contributed by atoms with Crippen LogP contribution in [-0.4, -0.2) is 29.5 Å². The number of halogens is 4. The SMILES string of the molecule is COc1ccc([C@H](O)C[C@H](N)C(F)(F)F)cc1O.Cl. The molecule has 0 saturated carbocycles. The van der Waals surface area contributed by atoms with Crippen LogP contribution in [0.1, 0.15) is 18.1 Å². The molecule has 4 nitrogen and oxygen atoms in total. The van der Waals surface area contributed by atoms with Crippen LogP contribution in [0.15, 0.2) is 18.2 Å². The number of hydrogen-bond donors (Lipinski definition) is 3. The van der Waals surface area contributed by atoms with E-state index in [0.717, 1.165) is 6.07 Å². The Morgan fingerprint density at radius 1 is 1.37 bits per heavy atom. The fourth-order valence-electron chi connectivity index (χ4n) is 1.42. The molecule has 19 heavy (non-hydrogen) atoms. The molecule has 0 bridgehead atoms. The van der Waals surface area contributed by atoms with Crippen LogP contribution >= 0.6 is 12.4 Å². The summed E-state index contributed by atoms with van der Waals surface area (Å²) in [4.78, 5) is 0. The predicted octanol–water partition coefficient (Wildman–Crippen LogP) is 2.14. The van der Waals surface area contributed by atoms with Gasteiger partial charge >= 0.3 is 6.18 Å². The quantitative estimate of drug-likeness (QED) is 0.796. The van der Waals surface area contributed by atoms with E-state index in [0.29, 0.717) is 0 Å². The van der Waals surface area contributed by atoms with Gasteiger partial charge in [0.25, 0.3) is 0 Å². The van der Waals surface area contributed by atoms with Crippen LogP contribution in [0.2, 0.25) is 0 Å². The first-order chi connectivity index (χ1) is 8.25. The van der Waals surface area contributed by atoms with Crippen molar-refractivity contribution < 1.29 is 28.1 Å². The molecule has 0 aliphatic carbocycles. The number of nitrogens with two attached hydrogens (primary N) is 1. The highest BCUT2D eigenvalue weighted by molar-refractivity contribution is 5.85. The fourth-order valence-corrected chi connectivity index (χ4v) is 1.42. The number of methoxy groups -OCH3 is 1. The van der Waals surface area contributed by atoms with Gasteiger partial charge in [0.1, 0.15) is 6.04 Å². The Bertz CT molecular complexity index is 415. The van der Waals surface area contributed by atoms with Gasteiger partial charge in [0.2, 0.25) is 0 Å². The zero-order valence-electron chi connectivity index (χ0n) is 10.0. The molecular weight excluding hydrogens is 287 g/mol. The summed E-state index contributed by atoms with van der Waals surface area (Å²) in [5.41, 5.74) is 5.06. The van der Waals surface area contributed by atoms with Gasteiger partial charge in [0.15, 0.2) is 11.5 Å². The van der Waals surface area contributed by atoms with Crippen molar-refractivity contribution in [2.75, 3.05) is 7.11 Å². The molecule has 110 valence electrons. The van der Waals surface area contributed by atoms with E-state index in [-0.39, 0.29) is 29.5 Å². The number of aliphatic hydroxyl groups is 1. The lowest BCUT2D eigenvalue weighted by atomic mass is 10.0. The van der Waals surface area contributed by atoms with Crippen LogP contribution in [0.25, 0.3) is 0 Å². The van der Waals surface area contributed by atoms with E-state index >= 15 is 0 Å². The highest BCUT2D eigenvalue weighted by Crippen LogP contribution is 2.32. The van der Waals surface area contributed by atoms with Crippen molar-refractivity contribution in [2.45, 2.75) is 24.7 Å². The number of benzene rings is 1. The Labute approximate surface area is 114 Å². The van der Waals surface area contributed by atoms with Crippen molar-refractivity contribution in [1.29, 1.82) is 0 Å². The van der Waals surface area contributed by atoms with Crippen molar-refractivity contribution in [3.05, 3.63) is 23.8 Å². The summed E-state index contributed by atoms with van der Waals surface area (Å²) in [5.74, 6) is -0.0827. The van der Waals surface area contributed by atoms with Gasteiger partial charge in [-0.25, -0.2) is 0 Å². The van der Waals surface area contributed by atoms with E-state index in [1.165, 1.54) is 19.2 Å². The third kappa shape index (κ3) is 4.77.